The van der Waals surface area contributed by atoms with Gasteiger partial charge in [0.1, 0.15) is 5.82 Å². The van der Waals surface area contributed by atoms with Crippen molar-refractivity contribution in [3.63, 3.8) is 0 Å². The summed E-state index contributed by atoms with van der Waals surface area (Å²) in [4.78, 5) is 40.6. The first-order chi connectivity index (χ1) is 11.8. The summed E-state index contributed by atoms with van der Waals surface area (Å²) in [7, 11) is -4.25. The number of carbonyl (C=O) groups excluding carboxylic acids is 1. The number of hydrogen-bond donors (Lipinski definition) is 3. The molecule has 3 aromatic carbocycles. The topological polar surface area (TPSA) is 77.8 Å². The average molecular weight is 359 g/mol. The third kappa shape index (κ3) is 3.75. The molecule has 0 amide bonds. The highest BCUT2D eigenvalue weighted by atomic mass is 31.2. The molecule has 0 radical (unpaired) electrons. The summed E-state index contributed by atoms with van der Waals surface area (Å²) < 4.78 is 13.3. The van der Waals surface area contributed by atoms with Crippen LogP contribution in [0.3, 0.4) is 0 Å². The van der Waals surface area contributed by atoms with Crippen LogP contribution in [0.15, 0.2) is 54.6 Å². The summed E-state index contributed by atoms with van der Waals surface area (Å²) in [5, 5.41) is 1.70. The van der Waals surface area contributed by atoms with Gasteiger partial charge < -0.3 is 0 Å². The molecule has 0 aromatic heterocycles. The van der Waals surface area contributed by atoms with Crippen molar-refractivity contribution in [2.24, 2.45) is 0 Å². The SMILES string of the molecule is Cc1cc2ccccc2c(-c2ccc(F)cc2)c1C(=O)C[P+](O)(O)O. The largest absolute Gasteiger partial charge is 0.411 e. The zero-order chi connectivity index (χ0) is 18.2. The third-order valence-electron chi connectivity index (χ3n) is 4.01. The molecule has 0 saturated heterocycles. The molecule has 0 aliphatic carbocycles. The smallest absolute Gasteiger partial charge is 0.290 e. The van der Waals surface area contributed by atoms with Crippen molar-refractivity contribution in [1.82, 2.24) is 0 Å². The fourth-order valence-corrected chi connectivity index (χ4v) is 3.58. The Morgan fingerprint density at radius 1 is 1.04 bits per heavy atom. The number of fused-ring (bicyclic) bond motifs is 1. The Bertz CT molecular complexity index is 946. The number of hydrogen-bond acceptors (Lipinski definition) is 4. The summed E-state index contributed by atoms with van der Waals surface area (Å²) in [6, 6.07) is 15.1. The summed E-state index contributed by atoms with van der Waals surface area (Å²) >= 11 is 0. The molecular formula is C19H17FO4P+. The molecule has 0 unspecified atom stereocenters. The molecule has 0 saturated carbocycles. The van der Waals surface area contributed by atoms with Crippen LogP contribution in [0.4, 0.5) is 4.39 Å². The van der Waals surface area contributed by atoms with Crippen molar-refractivity contribution in [2.45, 2.75) is 6.92 Å². The lowest BCUT2D eigenvalue weighted by atomic mass is 9.88. The lowest BCUT2D eigenvalue weighted by Crippen LogP contribution is -2.12. The number of carbonyl (C=O) groups is 1. The molecule has 128 valence electrons. The third-order valence-corrected chi connectivity index (χ3v) is 4.73. The molecule has 0 aliphatic heterocycles. The number of aryl methyl sites for hydroxylation is 1. The van der Waals surface area contributed by atoms with E-state index in [1.807, 2.05) is 30.3 Å². The first-order valence-electron chi connectivity index (χ1n) is 7.64. The molecular weight excluding hydrogens is 342 g/mol. The minimum atomic E-state index is -4.25. The van der Waals surface area contributed by atoms with Gasteiger partial charge in [-0.25, -0.2) is 4.39 Å². The Labute approximate surface area is 144 Å². The minimum absolute atomic E-state index is 0.298. The molecule has 0 bridgehead atoms. The maximum absolute atomic E-state index is 13.3. The first kappa shape index (κ1) is 17.6. The van der Waals surface area contributed by atoms with Gasteiger partial charge in [-0.2, -0.15) is 14.7 Å². The maximum atomic E-state index is 13.3. The van der Waals surface area contributed by atoms with E-state index in [0.29, 0.717) is 22.3 Å². The minimum Gasteiger partial charge on any atom is -0.290 e. The summed E-state index contributed by atoms with van der Waals surface area (Å²) in [6.07, 6.45) is -0.750. The Morgan fingerprint density at radius 2 is 1.68 bits per heavy atom. The second-order valence-electron chi connectivity index (χ2n) is 5.95. The van der Waals surface area contributed by atoms with Crippen LogP contribution in [0.5, 0.6) is 0 Å². The zero-order valence-electron chi connectivity index (χ0n) is 13.5. The van der Waals surface area contributed by atoms with E-state index in [4.69, 9.17) is 0 Å². The van der Waals surface area contributed by atoms with Gasteiger partial charge in [-0.3, -0.25) is 4.79 Å². The van der Waals surface area contributed by atoms with E-state index in [-0.39, 0.29) is 5.82 Å². The predicted molar refractivity (Wildman–Crippen MR) is 96.9 cm³/mol. The highest BCUT2D eigenvalue weighted by Gasteiger charge is 2.36. The summed E-state index contributed by atoms with van der Waals surface area (Å²) in [5.74, 6) is -0.956. The van der Waals surface area contributed by atoms with E-state index in [1.54, 1.807) is 19.1 Å². The van der Waals surface area contributed by atoms with Crippen LogP contribution in [0, 0.1) is 12.7 Å². The van der Waals surface area contributed by atoms with Gasteiger partial charge in [0.2, 0.25) is 11.9 Å². The zero-order valence-corrected chi connectivity index (χ0v) is 14.4. The highest BCUT2D eigenvalue weighted by Crippen LogP contribution is 2.46. The predicted octanol–water partition coefficient (Wildman–Crippen LogP) is 3.88. The van der Waals surface area contributed by atoms with Gasteiger partial charge in [-0.05, 0) is 41.0 Å². The average Bonchev–Trinajstić information content (AvgIpc) is 2.52. The first-order valence-corrected chi connectivity index (χ1v) is 9.47. The van der Waals surface area contributed by atoms with Gasteiger partial charge in [-0.15, -0.1) is 0 Å². The molecule has 0 heterocycles. The normalized spacial score (nSPS) is 11.7. The fourth-order valence-electron chi connectivity index (χ4n) is 3.04. The monoisotopic (exact) mass is 359 g/mol. The number of rotatable bonds is 4. The molecule has 0 aliphatic rings. The van der Waals surface area contributed by atoms with Gasteiger partial charge in [-0.1, -0.05) is 42.5 Å². The van der Waals surface area contributed by atoms with E-state index >= 15 is 0 Å². The fraction of sp³-hybridized carbons (Fsp3) is 0.105. The summed E-state index contributed by atoms with van der Waals surface area (Å²) in [6.45, 7) is 1.75. The van der Waals surface area contributed by atoms with Crippen molar-refractivity contribution in [1.29, 1.82) is 0 Å². The number of ketones is 1. The standard InChI is InChI=1S/C19H17FO4P/c1-12-10-14-4-2-3-5-16(14)19(13-6-8-15(20)9-7-13)18(12)17(21)11-25(22,23)24/h2-10,22-24H,11H2,1H3/q+1. The van der Waals surface area contributed by atoms with E-state index in [1.165, 1.54) is 12.1 Å². The van der Waals surface area contributed by atoms with Crippen LogP contribution in [0.25, 0.3) is 21.9 Å². The van der Waals surface area contributed by atoms with E-state index in [0.717, 1.165) is 10.8 Å². The molecule has 25 heavy (non-hydrogen) atoms. The molecule has 0 fully saturated rings. The number of benzene rings is 3. The lowest BCUT2D eigenvalue weighted by Gasteiger charge is -2.16. The number of halogens is 1. The molecule has 3 aromatic rings. The lowest BCUT2D eigenvalue weighted by molar-refractivity contribution is 0.101. The second-order valence-corrected chi connectivity index (χ2v) is 7.65. The van der Waals surface area contributed by atoms with Gasteiger partial charge in [0.25, 0.3) is 0 Å². The molecule has 0 atom stereocenters. The van der Waals surface area contributed by atoms with Crippen LogP contribution < -0.4 is 0 Å². The van der Waals surface area contributed by atoms with Crippen molar-refractivity contribution in [3.8, 4) is 11.1 Å². The Balaban J connectivity index is 2.31. The van der Waals surface area contributed by atoms with Gasteiger partial charge in [0, 0.05) is 11.1 Å². The van der Waals surface area contributed by atoms with Gasteiger partial charge in [0.05, 0.1) is 0 Å². The second kappa shape index (κ2) is 6.62. The quantitative estimate of drug-likeness (QED) is 0.488. The van der Waals surface area contributed by atoms with Crippen molar-refractivity contribution in [2.75, 3.05) is 6.16 Å². The Kier molecular flexibility index (Phi) is 4.67. The van der Waals surface area contributed by atoms with E-state index in [2.05, 4.69) is 0 Å². The van der Waals surface area contributed by atoms with Crippen molar-refractivity contribution in [3.05, 3.63) is 71.5 Å². The van der Waals surface area contributed by atoms with E-state index < -0.39 is 19.9 Å². The van der Waals surface area contributed by atoms with Crippen LogP contribution in [-0.4, -0.2) is 26.6 Å². The maximum Gasteiger partial charge on any atom is 0.411 e. The van der Waals surface area contributed by atoms with Crippen molar-refractivity contribution < 1.29 is 23.9 Å². The molecule has 0 spiro atoms. The highest BCUT2D eigenvalue weighted by molar-refractivity contribution is 7.59. The van der Waals surface area contributed by atoms with E-state index in [9.17, 15) is 23.9 Å². The Hall–Kier alpha value is -2.17. The van der Waals surface area contributed by atoms with Gasteiger partial charge >= 0.3 is 7.94 Å². The van der Waals surface area contributed by atoms with Crippen molar-refractivity contribution >= 4 is 24.5 Å². The molecule has 6 heteroatoms. The molecule has 3 N–H and O–H groups in total. The van der Waals surface area contributed by atoms with Gasteiger partial charge in [0.15, 0.2) is 0 Å². The number of Topliss-reactive ketones (excluding diaryl/α,β-unsaturated/α-hetero) is 1. The van der Waals surface area contributed by atoms with Crippen LogP contribution >= 0.6 is 7.94 Å². The molecule has 3 rings (SSSR count). The molecule has 4 nitrogen and oxygen atoms in total. The summed E-state index contributed by atoms with van der Waals surface area (Å²) in [5.41, 5.74) is 2.18. The Morgan fingerprint density at radius 3 is 2.32 bits per heavy atom. The van der Waals surface area contributed by atoms with Crippen LogP contribution in [0.1, 0.15) is 15.9 Å². The van der Waals surface area contributed by atoms with Crippen LogP contribution in [0.2, 0.25) is 0 Å². The van der Waals surface area contributed by atoms with Crippen LogP contribution in [-0.2, 0) is 0 Å².